The van der Waals surface area contributed by atoms with Crippen molar-refractivity contribution in [2.75, 3.05) is 0 Å². The SMILES string of the molecule is Cc1ccc(C(NN)c2cscn2)s1. The van der Waals surface area contributed by atoms with Gasteiger partial charge in [0.15, 0.2) is 0 Å². The van der Waals surface area contributed by atoms with Crippen LogP contribution < -0.4 is 11.3 Å². The molecule has 0 fully saturated rings. The maximum atomic E-state index is 5.53. The summed E-state index contributed by atoms with van der Waals surface area (Å²) in [7, 11) is 0. The molecule has 0 bridgehead atoms. The van der Waals surface area contributed by atoms with E-state index in [9.17, 15) is 0 Å². The Bertz CT molecular complexity index is 394. The Morgan fingerprint density at radius 2 is 2.36 bits per heavy atom. The van der Waals surface area contributed by atoms with E-state index in [0.717, 1.165) is 5.69 Å². The van der Waals surface area contributed by atoms with E-state index in [1.54, 1.807) is 22.7 Å². The molecule has 1 unspecified atom stereocenters. The van der Waals surface area contributed by atoms with Crippen LogP contribution in [-0.2, 0) is 0 Å². The molecule has 3 nitrogen and oxygen atoms in total. The molecule has 14 heavy (non-hydrogen) atoms. The molecule has 0 spiro atoms. The Balaban J connectivity index is 2.31. The van der Waals surface area contributed by atoms with Gasteiger partial charge >= 0.3 is 0 Å². The first-order valence-electron chi connectivity index (χ1n) is 4.22. The number of nitrogens with one attached hydrogen (secondary N) is 1. The van der Waals surface area contributed by atoms with E-state index in [4.69, 9.17) is 5.84 Å². The fraction of sp³-hybridized carbons (Fsp3) is 0.222. The minimum absolute atomic E-state index is 0.0277. The van der Waals surface area contributed by atoms with E-state index in [2.05, 4.69) is 29.5 Å². The van der Waals surface area contributed by atoms with Crippen LogP contribution in [0.15, 0.2) is 23.0 Å². The van der Waals surface area contributed by atoms with Crippen LogP contribution >= 0.6 is 22.7 Å². The van der Waals surface area contributed by atoms with Gasteiger partial charge in [0.05, 0.1) is 17.2 Å². The molecule has 2 aromatic rings. The fourth-order valence-corrected chi connectivity index (χ4v) is 2.82. The Morgan fingerprint density at radius 3 is 2.86 bits per heavy atom. The van der Waals surface area contributed by atoms with Gasteiger partial charge in [-0.25, -0.2) is 10.4 Å². The molecular weight excluding hydrogens is 214 g/mol. The number of nitrogens with two attached hydrogens (primary N) is 1. The number of thiophene rings is 1. The van der Waals surface area contributed by atoms with Gasteiger partial charge < -0.3 is 0 Å². The molecular formula is C9H11N3S2. The number of hydrogen-bond acceptors (Lipinski definition) is 5. The van der Waals surface area contributed by atoms with Crippen LogP contribution in [-0.4, -0.2) is 4.98 Å². The maximum Gasteiger partial charge on any atom is 0.0981 e. The van der Waals surface area contributed by atoms with Gasteiger partial charge in [0.1, 0.15) is 0 Å². The summed E-state index contributed by atoms with van der Waals surface area (Å²) >= 11 is 3.32. The van der Waals surface area contributed by atoms with Crippen molar-refractivity contribution in [1.29, 1.82) is 0 Å². The van der Waals surface area contributed by atoms with Gasteiger partial charge in [-0.05, 0) is 19.1 Å². The highest BCUT2D eigenvalue weighted by molar-refractivity contribution is 7.12. The van der Waals surface area contributed by atoms with Gasteiger partial charge in [0, 0.05) is 15.1 Å². The normalized spacial score (nSPS) is 13.0. The Hall–Kier alpha value is -0.750. The van der Waals surface area contributed by atoms with Gasteiger partial charge in [-0.15, -0.1) is 22.7 Å². The maximum absolute atomic E-state index is 5.53. The smallest absolute Gasteiger partial charge is 0.0981 e. The van der Waals surface area contributed by atoms with Crippen LogP contribution in [0.4, 0.5) is 0 Å². The van der Waals surface area contributed by atoms with Crippen molar-refractivity contribution in [3.05, 3.63) is 38.5 Å². The second-order valence-corrected chi connectivity index (χ2v) is 5.00. The summed E-state index contributed by atoms with van der Waals surface area (Å²) in [6.45, 7) is 2.09. The third-order valence-corrected chi connectivity index (χ3v) is 3.63. The lowest BCUT2D eigenvalue weighted by Crippen LogP contribution is -2.28. The first-order chi connectivity index (χ1) is 6.81. The van der Waals surface area contributed by atoms with Gasteiger partial charge in [-0.3, -0.25) is 5.84 Å². The Kier molecular flexibility index (Phi) is 2.93. The average molecular weight is 225 g/mol. The summed E-state index contributed by atoms with van der Waals surface area (Å²) in [5.41, 5.74) is 5.59. The highest BCUT2D eigenvalue weighted by Gasteiger charge is 2.15. The molecule has 5 heteroatoms. The number of rotatable bonds is 3. The van der Waals surface area contributed by atoms with Crippen LogP contribution in [0.3, 0.4) is 0 Å². The summed E-state index contributed by atoms with van der Waals surface area (Å²) < 4.78 is 0. The van der Waals surface area contributed by atoms with E-state index >= 15 is 0 Å². The predicted molar refractivity (Wildman–Crippen MR) is 60.3 cm³/mol. The molecule has 0 radical (unpaired) electrons. The zero-order valence-corrected chi connectivity index (χ0v) is 9.36. The van der Waals surface area contributed by atoms with Crippen molar-refractivity contribution in [2.24, 2.45) is 5.84 Å². The standard InChI is InChI=1S/C9H11N3S2/c1-6-2-3-8(14-6)9(12-10)7-4-13-5-11-7/h2-5,9,12H,10H2,1H3. The molecule has 2 heterocycles. The molecule has 2 rings (SSSR count). The Labute approximate surface area is 90.6 Å². The molecule has 3 N–H and O–H groups in total. The molecule has 0 saturated carbocycles. The van der Waals surface area contributed by atoms with E-state index in [-0.39, 0.29) is 6.04 Å². The molecule has 2 aromatic heterocycles. The summed E-state index contributed by atoms with van der Waals surface area (Å²) in [5, 5.41) is 2.01. The second-order valence-electron chi connectivity index (χ2n) is 2.96. The highest BCUT2D eigenvalue weighted by atomic mass is 32.1. The average Bonchev–Trinajstić information content (AvgIpc) is 2.79. The van der Waals surface area contributed by atoms with Crippen molar-refractivity contribution in [1.82, 2.24) is 10.4 Å². The minimum Gasteiger partial charge on any atom is -0.270 e. The monoisotopic (exact) mass is 225 g/mol. The first-order valence-corrected chi connectivity index (χ1v) is 5.97. The lowest BCUT2D eigenvalue weighted by Gasteiger charge is -2.10. The number of aromatic nitrogens is 1. The molecule has 0 aliphatic carbocycles. The largest absolute Gasteiger partial charge is 0.270 e. The first kappa shape index (κ1) is 9.79. The van der Waals surface area contributed by atoms with Crippen molar-refractivity contribution < 1.29 is 0 Å². The molecule has 74 valence electrons. The van der Waals surface area contributed by atoms with E-state index in [1.807, 2.05) is 10.9 Å². The van der Waals surface area contributed by atoms with E-state index < -0.39 is 0 Å². The molecule has 0 aliphatic rings. The van der Waals surface area contributed by atoms with Crippen LogP contribution in [0.2, 0.25) is 0 Å². The molecule has 0 aromatic carbocycles. The van der Waals surface area contributed by atoms with Crippen LogP contribution in [0, 0.1) is 6.92 Å². The fourth-order valence-electron chi connectivity index (χ4n) is 1.29. The number of hydrazine groups is 1. The minimum atomic E-state index is 0.0277. The number of thiazole rings is 1. The second kappa shape index (κ2) is 4.18. The zero-order valence-electron chi connectivity index (χ0n) is 7.73. The summed E-state index contributed by atoms with van der Waals surface area (Å²) in [5.74, 6) is 5.53. The molecule has 1 atom stereocenters. The third kappa shape index (κ3) is 1.85. The number of nitrogens with zero attached hydrogens (tertiary/aromatic N) is 1. The van der Waals surface area contributed by atoms with Gasteiger partial charge in [0.25, 0.3) is 0 Å². The Morgan fingerprint density at radius 1 is 1.50 bits per heavy atom. The number of hydrogen-bond donors (Lipinski definition) is 2. The van der Waals surface area contributed by atoms with Crippen molar-refractivity contribution in [3.63, 3.8) is 0 Å². The lowest BCUT2D eigenvalue weighted by atomic mass is 10.2. The number of aryl methyl sites for hydroxylation is 1. The zero-order chi connectivity index (χ0) is 9.97. The summed E-state index contributed by atoms with van der Waals surface area (Å²) in [4.78, 5) is 6.75. The lowest BCUT2D eigenvalue weighted by molar-refractivity contribution is 0.633. The van der Waals surface area contributed by atoms with Gasteiger partial charge in [-0.1, -0.05) is 0 Å². The summed E-state index contributed by atoms with van der Waals surface area (Å²) in [6, 6.07) is 4.21. The molecule has 0 aliphatic heterocycles. The third-order valence-electron chi connectivity index (χ3n) is 1.96. The van der Waals surface area contributed by atoms with Crippen molar-refractivity contribution in [3.8, 4) is 0 Å². The topological polar surface area (TPSA) is 50.9 Å². The summed E-state index contributed by atoms with van der Waals surface area (Å²) in [6.07, 6.45) is 0. The van der Waals surface area contributed by atoms with Gasteiger partial charge in [0.2, 0.25) is 0 Å². The van der Waals surface area contributed by atoms with Crippen LogP contribution in [0.5, 0.6) is 0 Å². The van der Waals surface area contributed by atoms with Crippen molar-refractivity contribution >= 4 is 22.7 Å². The molecule has 0 saturated heterocycles. The molecule has 0 amide bonds. The highest BCUT2D eigenvalue weighted by Crippen LogP contribution is 2.27. The van der Waals surface area contributed by atoms with E-state index in [0.29, 0.717) is 0 Å². The predicted octanol–water partition coefficient (Wildman–Crippen LogP) is 2.07. The quantitative estimate of drug-likeness (QED) is 0.621. The van der Waals surface area contributed by atoms with Crippen molar-refractivity contribution in [2.45, 2.75) is 13.0 Å². The van der Waals surface area contributed by atoms with Crippen LogP contribution in [0.1, 0.15) is 21.5 Å². The van der Waals surface area contributed by atoms with Gasteiger partial charge in [-0.2, -0.15) is 0 Å². The van der Waals surface area contributed by atoms with Crippen LogP contribution in [0.25, 0.3) is 0 Å². The van der Waals surface area contributed by atoms with E-state index in [1.165, 1.54) is 9.75 Å².